The second-order valence-corrected chi connectivity index (χ2v) is 3.61. The number of hydrogen-bond donors (Lipinski definition) is 1. The van der Waals surface area contributed by atoms with Crippen LogP contribution in [0.3, 0.4) is 0 Å². The van der Waals surface area contributed by atoms with Crippen LogP contribution in [0, 0.1) is 0 Å². The zero-order valence-corrected chi connectivity index (χ0v) is 9.52. The van der Waals surface area contributed by atoms with Crippen molar-refractivity contribution < 1.29 is 18.7 Å². The summed E-state index contributed by atoms with van der Waals surface area (Å²) in [5.41, 5.74) is -0.880. The third-order valence-electron chi connectivity index (χ3n) is 1.76. The van der Waals surface area contributed by atoms with Gasteiger partial charge in [0.1, 0.15) is 4.60 Å². The molecule has 0 unspecified atom stereocenters. The molecule has 1 N–H and O–H groups in total. The van der Waals surface area contributed by atoms with Gasteiger partial charge in [0, 0.05) is 12.1 Å². The monoisotopic (exact) mass is 299 g/mol. The van der Waals surface area contributed by atoms with Crippen LogP contribution in [0.5, 0.6) is 0 Å². The summed E-state index contributed by atoms with van der Waals surface area (Å²) < 4.78 is 25.1. The van der Waals surface area contributed by atoms with Crippen LogP contribution in [0.2, 0.25) is 0 Å². The molecular weight excluding hydrogens is 295 g/mol. The fourth-order valence-electron chi connectivity index (χ4n) is 1.09. The number of aromatic nitrogens is 1. The maximum Gasteiger partial charge on any atom is 0.337 e. The summed E-state index contributed by atoms with van der Waals surface area (Å²) in [5, 5.41) is 8.74. The summed E-state index contributed by atoms with van der Waals surface area (Å²) in [6, 6.07) is 0. The molecule has 0 aromatic carbocycles. The summed E-state index contributed by atoms with van der Waals surface area (Å²) in [6.07, 6.45) is -1.82. The first kappa shape index (κ1) is 12.3. The van der Waals surface area contributed by atoms with Crippen molar-refractivity contribution in [2.45, 2.75) is 12.3 Å². The first-order valence-electron chi connectivity index (χ1n) is 3.73. The van der Waals surface area contributed by atoms with Crippen LogP contribution in [-0.2, 0) is 5.88 Å². The van der Waals surface area contributed by atoms with E-state index < -0.39 is 18.0 Å². The minimum Gasteiger partial charge on any atom is -0.478 e. The fraction of sp³-hybridized carbons (Fsp3) is 0.250. The Morgan fingerprint density at radius 3 is 2.67 bits per heavy atom. The summed E-state index contributed by atoms with van der Waals surface area (Å²) in [5.74, 6) is -1.63. The van der Waals surface area contributed by atoms with Gasteiger partial charge in [0.25, 0.3) is 6.43 Å². The van der Waals surface area contributed by atoms with Gasteiger partial charge < -0.3 is 5.11 Å². The first-order valence-corrected chi connectivity index (χ1v) is 5.06. The molecule has 1 aromatic rings. The molecule has 0 aliphatic rings. The third-order valence-corrected chi connectivity index (χ3v) is 2.66. The maximum absolute atomic E-state index is 12.6. The number of carbonyl (C=O) groups is 1. The molecule has 1 aromatic heterocycles. The van der Waals surface area contributed by atoms with Gasteiger partial charge in [-0.25, -0.2) is 18.6 Å². The predicted molar refractivity (Wildman–Crippen MR) is 53.4 cm³/mol. The minimum absolute atomic E-state index is 0.0850. The Bertz CT molecular complexity index is 400. The van der Waals surface area contributed by atoms with E-state index >= 15 is 0 Å². The van der Waals surface area contributed by atoms with Crippen molar-refractivity contribution in [3.8, 4) is 0 Å². The molecular formula is C8H5BrClF2NO2. The van der Waals surface area contributed by atoms with Gasteiger partial charge in [-0.1, -0.05) is 0 Å². The topological polar surface area (TPSA) is 50.2 Å². The number of carboxylic acid groups (broad SMARTS) is 1. The Morgan fingerprint density at radius 1 is 1.67 bits per heavy atom. The number of halogens is 4. The van der Waals surface area contributed by atoms with E-state index in [1.54, 1.807) is 0 Å². The van der Waals surface area contributed by atoms with Gasteiger partial charge in [-0.2, -0.15) is 0 Å². The lowest BCUT2D eigenvalue weighted by Gasteiger charge is -2.10. The van der Waals surface area contributed by atoms with Crippen LogP contribution in [-0.4, -0.2) is 16.1 Å². The number of aromatic carboxylic acids is 1. The Labute approximate surface area is 97.2 Å². The molecule has 0 atom stereocenters. The second kappa shape index (κ2) is 4.85. The molecule has 0 aliphatic carbocycles. The van der Waals surface area contributed by atoms with Crippen molar-refractivity contribution in [2.24, 2.45) is 0 Å². The maximum atomic E-state index is 12.6. The molecule has 82 valence electrons. The lowest BCUT2D eigenvalue weighted by Crippen LogP contribution is -2.07. The Morgan fingerprint density at radius 2 is 2.27 bits per heavy atom. The van der Waals surface area contributed by atoms with E-state index in [-0.39, 0.29) is 21.6 Å². The molecule has 7 heteroatoms. The quantitative estimate of drug-likeness (QED) is 0.689. The van der Waals surface area contributed by atoms with Crippen molar-refractivity contribution >= 4 is 33.5 Å². The summed E-state index contributed by atoms with van der Waals surface area (Å²) in [4.78, 5) is 14.2. The van der Waals surface area contributed by atoms with Gasteiger partial charge >= 0.3 is 5.97 Å². The zero-order chi connectivity index (χ0) is 11.6. The van der Waals surface area contributed by atoms with Crippen LogP contribution in [0.25, 0.3) is 0 Å². The van der Waals surface area contributed by atoms with Crippen LogP contribution in [0.4, 0.5) is 8.78 Å². The van der Waals surface area contributed by atoms with E-state index in [4.69, 9.17) is 16.7 Å². The normalized spacial score (nSPS) is 10.7. The average Bonchev–Trinajstić information content (AvgIpc) is 2.15. The smallest absolute Gasteiger partial charge is 0.337 e. The number of rotatable bonds is 3. The molecule has 0 aliphatic heterocycles. The van der Waals surface area contributed by atoms with Crippen LogP contribution in [0.1, 0.15) is 27.9 Å². The number of nitrogens with zero attached hydrogens (tertiary/aromatic N) is 1. The molecule has 3 nitrogen and oxygen atoms in total. The number of pyridine rings is 1. The zero-order valence-electron chi connectivity index (χ0n) is 7.18. The van der Waals surface area contributed by atoms with Gasteiger partial charge in [0.15, 0.2) is 0 Å². The van der Waals surface area contributed by atoms with Crippen molar-refractivity contribution in [3.05, 3.63) is 27.5 Å². The summed E-state index contributed by atoms with van der Waals surface area (Å²) >= 11 is 8.28. The van der Waals surface area contributed by atoms with E-state index in [2.05, 4.69) is 20.9 Å². The van der Waals surface area contributed by atoms with Crippen LogP contribution < -0.4 is 0 Å². The van der Waals surface area contributed by atoms with Crippen molar-refractivity contribution in [1.82, 2.24) is 4.98 Å². The summed E-state index contributed by atoms with van der Waals surface area (Å²) in [6.45, 7) is 0. The average molecular weight is 300 g/mol. The lowest BCUT2D eigenvalue weighted by atomic mass is 10.1. The molecule has 1 heterocycles. The molecule has 0 fully saturated rings. The lowest BCUT2D eigenvalue weighted by molar-refractivity contribution is 0.0694. The van der Waals surface area contributed by atoms with E-state index in [1.807, 2.05) is 0 Å². The van der Waals surface area contributed by atoms with E-state index in [9.17, 15) is 13.6 Å². The van der Waals surface area contributed by atoms with Gasteiger partial charge in [-0.15, -0.1) is 11.6 Å². The SMILES string of the molecule is O=C(O)c1cnc(Br)c(C(F)F)c1CCl. The predicted octanol–water partition coefficient (Wildman–Crippen LogP) is 3.22. The van der Waals surface area contributed by atoms with E-state index in [0.717, 1.165) is 6.20 Å². The Hall–Kier alpha value is -0.750. The Kier molecular flexibility index (Phi) is 3.98. The van der Waals surface area contributed by atoms with Gasteiger partial charge in [-0.05, 0) is 21.5 Å². The van der Waals surface area contributed by atoms with E-state index in [0.29, 0.717) is 0 Å². The first-order chi connectivity index (χ1) is 6.99. The standard InChI is InChI=1S/C8H5BrClF2NO2/c9-6-5(7(11)12)3(1-10)4(2-13-6)8(14)15/h2,7H,1H2,(H,14,15). The Balaban J connectivity index is 3.47. The highest BCUT2D eigenvalue weighted by atomic mass is 79.9. The van der Waals surface area contributed by atoms with E-state index in [1.165, 1.54) is 0 Å². The molecule has 0 bridgehead atoms. The molecule has 0 saturated heterocycles. The molecule has 15 heavy (non-hydrogen) atoms. The number of hydrogen-bond acceptors (Lipinski definition) is 2. The molecule has 0 radical (unpaired) electrons. The molecule has 1 rings (SSSR count). The van der Waals surface area contributed by atoms with Gasteiger partial charge in [0.2, 0.25) is 0 Å². The third kappa shape index (κ3) is 2.43. The number of alkyl halides is 3. The van der Waals surface area contributed by atoms with Crippen LogP contribution in [0.15, 0.2) is 10.8 Å². The van der Waals surface area contributed by atoms with Crippen molar-refractivity contribution in [2.75, 3.05) is 0 Å². The largest absolute Gasteiger partial charge is 0.478 e. The number of carboxylic acids is 1. The minimum atomic E-state index is -2.82. The highest BCUT2D eigenvalue weighted by Gasteiger charge is 2.23. The van der Waals surface area contributed by atoms with Crippen molar-refractivity contribution in [3.63, 3.8) is 0 Å². The van der Waals surface area contributed by atoms with Crippen LogP contribution >= 0.6 is 27.5 Å². The molecule has 0 amide bonds. The fourth-order valence-corrected chi connectivity index (χ4v) is 1.89. The van der Waals surface area contributed by atoms with Gasteiger partial charge in [0.05, 0.1) is 11.1 Å². The highest BCUT2D eigenvalue weighted by molar-refractivity contribution is 9.10. The summed E-state index contributed by atoms with van der Waals surface area (Å²) in [7, 11) is 0. The molecule has 0 spiro atoms. The second-order valence-electron chi connectivity index (χ2n) is 2.59. The van der Waals surface area contributed by atoms with Gasteiger partial charge in [-0.3, -0.25) is 0 Å². The van der Waals surface area contributed by atoms with Crippen molar-refractivity contribution in [1.29, 1.82) is 0 Å². The molecule has 0 saturated carbocycles. The highest BCUT2D eigenvalue weighted by Crippen LogP contribution is 2.31.